The molecule has 1 aromatic rings. The Morgan fingerprint density at radius 2 is 2.06 bits per heavy atom. The molecule has 6 heteroatoms. The van der Waals surface area contributed by atoms with Crippen LogP contribution in [-0.2, 0) is 4.79 Å². The predicted molar refractivity (Wildman–Crippen MR) is 65.0 cm³/mol. The maximum Gasteiger partial charge on any atom is 0.224 e. The van der Waals surface area contributed by atoms with Crippen LogP contribution in [-0.4, -0.2) is 21.9 Å². The highest BCUT2D eigenvalue weighted by Crippen LogP contribution is 2.25. The van der Waals surface area contributed by atoms with E-state index >= 15 is 0 Å². The van der Waals surface area contributed by atoms with Crippen LogP contribution in [0.5, 0.6) is 0 Å². The van der Waals surface area contributed by atoms with E-state index in [1.54, 1.807) is 12.3 Å². The van der Waals surface area contributed by atoms with Crippen molar-refractivity contribution in [1.82, 2.24) is 9.97 Å². The summed E-state index contributed by atoms with van der Waals surface area (Å²) in [7, 11) is 0. The molecule has 2 rings (SSSR count). The molecule has 5 N–H and O–H groups in total. The minimum absolute atomic E-state index is 0.0230. The van der Waals surface area contributed by atoms with Crippen LogP contribution in [0.1, 0.15) is 25.7 Å². The van der Waals surface area contributed by atoms with E-state index in [0.29, 0.717) is 17.8 Å². The number of nitrogens with zero attached hydrogens (tertiary/aromatic N) is 2. The summed E-state index contributed by atoms with van der Waals surface area (Å²) in [4.78, 5) is 19.2. The Balaban J connectivity index is 1.88. The van der Waals surface area contributed by atoms with Crippen LogP contribution in [0.2, 0.25) is 0 Å². The lowest BCUT2D eigenvalue weighted by molar-refractivity contribution is -0.122. The predicted octanol–water partition coefficient (Wildman–Crippen LogP) is 0.515. The fourth-order valence-corrected chi connectivity index (χ4v) is 2.15. The van der Waals surface area contributed by atoms with Gasteiger partial charge in [0.15, 0.2) is 0 Å². The summed E-state index contributed by atoms with van der Waals surface area (Å²) in [6.45, 7) is 0. The van der Waals surface area contributed by atoms with Crippen LogP contribution in [0.25, 0.3) is 0 Å². The molecule has 1 heterocycles. The number of aromatic nitrogens is 2. The molecule has 0 unspecified atom stereocenters. The van der Waals surface area contributed by atoms with E-state index in [2.05, 4.69) is 15.3 Å². The highest BCUT2D eigenvalue weighted by molar-refractivity contribution is 5.76. The third-order valence-corrected chi connectivity index (χ3v) is 3.14. The maximum atomic E-state index is 11.0. The first kappa shape index (κ1) is 11.6. The van der Waals surface area contributed by atoms with Gasteiger partial charge in [0, 0.05) is 18.2 Å². The lowest BCUT2D eigenvalue weighted by atomic mass is 9.86. The molecule has 0 spiro atoms. The summed E-state index contributed by atoms with van der Waals surface area (Å²) >= 11 is 0. The van der Waals surface area contributed by atoms with Crippen molar-refractivity contribution in [2.24, 2.45) is 11.7 Å². The molecule has 17 heavy (non-hydrogen) atoms. The highest BCUT2D eigenvalue weighted by atomic mass is 16.1. The van der Waals surface area contributed by atoms with Gasteiger partial charge in [0.1, 0.15) is 5.82 Å². The monoisotopic (exact) mass is 235 g/mol. The zero-order chi connectivity index (χ0) is 12.3. The van der Waals surface area contributed by atoms with E-state index in [1.807, 2.05) is 0 Å². The normalized spacial score (nSPS) is 24.2. The van der Waals surface area contributed by atoms with Crippen molar-refractivity contribution in [3.05, 3.63) is 12.3 Å². The molecule has 1 saturated carbocycles. The summed E-state index contributed by atoms with van der Waals surface area (Å²) in [5.74, 6) is 0.833. The molecule has 1 fully saturated rings. The van der Waals surface area contributed by atoms with Gasteiger partial charge in [-0.1, -0.05) is 0 Å². The van der Waals surface area contributed by atoms with Gasteiger partial charge in [-0.05, 0) is 31.7 Å². The molecule has 0 aromatic carbocycles. The third kappa shape index (κ3) is 3.05. The van der Waals surface area contributed by atoms with E-state index in [4.69, 9.17) is 11.5 Å². The van der Waals surface area contributed by atoms with Crippen LogP contribution in [0.3, 0.4) is 0 Å². The number of anilines is 2. The highest BCUT2D eigenvalue weighted by Gasteiger charge is 2.24. The smallest absolute Gasteiger partial charge is 0.224 e. The molecule has 1 aliphatic carbocycles. The molecule has 0 atom stereocenters. The number of nitrogens with two attached hydrogens (primary N) is 2. The first-order valence-electron chi connectivity index (χ1n) is 5.79. The lowest BCUT2D eigenvalue weighted by Crippen LogP contribution is -2.32. The first-order chi connectivity index (χ1) is 8.15. The van der Waals surface area contributed by atoms with Gasteiger partial charge in [0.05, 0.1) is 0 Å². The van der Waals surface area contributed by atoms with Crippen LogP contribution in [0, 0.1) is 5.92 Å². The minimum Gasteiger partial charge on any atom is -0.384 e. The molecule has 92 valence electrons. The average molecular weight is 235 g/mol. The van der Waals surface area contributed by atoms with Crippen molar-refractivity contribution in [1.29, 1.82) is 0 Å². The largest absolute Gasteiger partial charge is 0.384 e. The van der Waals surface area contributed by atoms with E-state index < -0.39 is 0 Å². The molecule has 0 saturated heterocycles. The van der Waals surface area contributed by atoms with Crippen molar-refractivity contribution in [3.8, 4) is 0 Å². The number of carbonyl (C=O) groups excluding carboxylic acids is 1. The van der Waals surface area contributed by atoms with Crippen LogP contribution in [0.4, 0.5) is 11.8 Å². The zero-order valence-electron chi connectivity index (χ0n) is 9.60. The number of nitrogen functional groups attached to an aromatic ring is 1. The van der Waals surface area contributed by atoms with E-state index in [1.165, 1.54) is 0 Å². The fraction of sp³-hybridized carbons (Fsp3) is 0.545. The van der Waals surface area contributed by atoms with E-state index in [9.17, 15) is 4.79 Å². The van der Waals surface area contributed by atoms with Crippen molar-refractivity contribution in [2.45, 2.75) is 31.7 Å². The molecule has 0 radical (unpaired) electrons. The lowest BCUT2D eigenvalue weighted by Gasteiger charge is -2.27. The topological polar surface area (TPSA) is 107 Å². The van der Waals surface area contributed by atoms with Gasteiger partial charge < -0.3 is 16.8 Å². The Kier molecular flexibility index (Phi) is 3.41. The number of hydrogen-bond acceptors (Lipinski definition) is 5. The van der Waals surface area contributed by atoms with Crippen molar-refractivity contribution in [2.75, 3.05) is 11.1 Å². The summed E-state index contributed by atoms with van der Waals surface area (Å²) in [5, 5.41) is 3.23. The van der Waals surface area contributed by atoms with Crippen molar-refractivity contribution >= 4 is 17.7 Å². The van der Waals surface area contributed by atoms with Crippen molar-refractivity contribution < 1.29 is 4.79 Å². The minimum atomic E-state index is -0.191. The SMILES string of the molecule is NC(=O)C1CCC(Nc2nccc(N)n2)CC1. The molecule has 0 aliphatic heterocycles. The maximum absolute atomic E-state index is 11.0. The standard InChI is InChI=1S/C11H17N5O/c12-9-5-6-14-11(16-9)15-8-3-1-7(2-4-8)10(13)17/h5-8H,1-4H2,(H2,13,17)(H3,12,14,15,16). The van der Waals surface area contributed by atoms with Crippen LogP contribution in [0.15, 0.2) is 12.3 Å². The number of primary amides is 1. The summed E-state index contributed by atoms with van der Waals surface area (Å²) in [5.41, 5.74) is 10.9. The Labute approximate surface area is 99.8 Å². The Morgan fingerprint density at radius 1 is 1.35 bits per heavy atom. The number of carbonyl (C=O) groups is 1. The molecular weight excluding hydrogens is 218 g/mol. The van der Waals surface area contributed by atoms with Gasteiger partial charge in [0.2, 0.25) is 11.9 Å². The number of amides is 1. The molecule has 6 nitrogen and oxygen atoms in total. The van der Waals surface area contributed by atoms with Gasteiger partial charge in [-0.3, -0.25) is 4.79 Å². The van der Waals surface area contributed by atoms with E-state index in [-0.39, 0.29) is 11.8 Å². The van der Waals surface area contributed by atoms with Gasteiger partial charge >= 0.3 is 0 Å². The van der Waals surface area contributed by atoms with Gasteiger partial charge in [-0.15, -0.1) is 0 Å². The van der Waals surface area contributed by atoms with Crippen LogP contribution < -0.4 is 16.8 Å². The summed E-state index contributed by atoms with van der Waals surface area (Å²) in [6.07, 6.45) is 5.10. The zero-order valence-corrected chi connectivity index (χ0v) is 9.60. The third-order valence-electron chi connectivity index (χ3n) is 3.14. The van der Waals surface area contributed by atoms with Crippen LogP contribution >= 0.6 is 0 Å². The van der Waals surface area contributed by atoms with Gasteiger partial charge in [-0.2, -0.15) is 4.98 Å². The Hall–Kier alpha value is -1.85. The fourth-order valence-electron chi connectivity index (χ4n) is 2.15. The second-order valence-corrected chi connectivity index (χ2v) is 4.40. The Bertz CT molecular complexity index is 401. The molecule has 0 bridgehead atoms. The molecule has 1 aliphatic rings. The molecule has 1 amide bonds. The van der Waals surface area contributed by atoms with Crippen molar-refractivity contribution in [3.63, 3.8) is 0 Å². The number of nitrogens with one attached hydrogen (secondary N) is 1. The summed E-state index contributed by atoms with van der Waals surface area (Å²) in [6, 6.07) is 1.95. The van der Waals surface area contributed by atoms with E-state index in [0.717, 1.165) is 25.7 Å². The van der Waals surface area contributed by atoms with Gasteiger partial charge in [-0.25, -0.2) is 4.98 Å². The van der Waals surface area contributed by atoms with Gasteiger partial charge in [0.25, 0.3) is 0 Å². The average Bonchev–Trinajstić information content (AvgIpc) is 2.29. The number of rotatable bonds is 3. The Morgan fingerprint density at radius 3 is 2.65 bits per heavy atom. The number of hydrogen-bond donors (Lipinski definition) is 3. The first-order valence-corrected chi connectivity index (χ1v) is 5.79. The second-order valence-electron chi connectivity index (χ2n) is 4.40. The second kappa shape index (κ2) is 4.99. The molecular formula is C11H17N5O. The molecule has 1 aromatic heterocycles. The summed E-state index contributed by atoms with van der Waals surface area (Å²) < 4.78 is 0. The quantitative estimate of drug-likeness (QED) is 0.707.